The molecule has 0 bridgehead atoms. The van der Waals surface area contributed by atoms with Crippen LogP contribution in [0.5, 0.6) is 0 Å². The van der Waals surface area contributed by atoms with E-state index in [2.05, 4.69) is 0 Å². The van der Waals surface area contributed by atoms with Gasteiger partial charge in [-0.25, -0.2) is 13.2 Å². The van der Waals surface area contributed by atoms with Gasteiger partial charge in [-0.15, -0.1) is 0 Å². The van der Waals surface area contributed by atoms with Gasteiger partial charge in [0.05, 0.1) is 12.5 Å². The number of nitrogens with one attached hydrogen (secondary N) is 1. The van der Waals surface area contributed by atoms with E-state index in [1.165, 1.54) is 13.0 Å². The van der Waals surface area contributed by atoms with Gasteiger partial charge in [-0.2, -0.15) is 5.16 Å². The number of hydrogen-bond donors (Lipinski definition) is 2. The lowest BCUT2D eigenvalue weighted by Crippen LogP contribution is -2.57. The molecule has 0 unspecified atom stereocenters. The number of aromatic nitrogens is 1. The Labute approximate surface area is 124 Å². The van der Waals surface area contributed by atoms with Crippen LogP contribution >= 0.6 is 0 Å². The van der Waals surface area contributed by atoms with Gasteiger partial charge in [0.2, 0.25) is 5.91 Å². The minimum absolute atomic E-state index is 0.0612. The Morgan fingerprint density at radius 3 is 2.73 bits per heavy atom. The standard InChI is InChI=1S/C12H12N2O7S/c1-12(3-2-6-4-7(15)13-21-6)10(11(17)18)14-8(16)5-9(14)22(12,19)20/h2-4,9-10H,5H2,1H3,(H,13,15)(H,17,18)/b3-2-/t9-,10+,12+/m1/s1. The molecule has 2 fully saturated rings. The average molecular weight is 328 g/mol. The molecule has 1 aromatic rings. The predicted octanol–water partition coefficient (Wildman–Crippen LogP) is -0.820. The van der Waals surface area contributed by atoms with E-state index in [1.54, 1.807) is 0 Å². The number of β-lactam (4-membered cyclic amide) rings is 1. The van der Waals surface area contributed by atoms with Gasteiger partial charge in [-0.1, -0.05) is 6.08 Å². The third-order valence-electron chi connectivity index (χ3n) is 4.10. The van der Waals surface area contributed by atoms with Crippen molar-refractivity contribution in [2.45, 2.75) is 29.5 Å². The number of carboxylic acids is 1. The highest BCUT2D eigenvalue weighted by molar-refractivity contribution is 7.94. The Hall–Kier alpha value is -2.36. The van der Waals surface area contributed by atoms with Gasteiger partial charge in [-0.05, 0) is 13.0 Å². The minimum atomic E-state index is -3.91. The molecule has 22 heavy (non-hydrogen) atoms. The number of carbonyl (C=O) groups is 2. The molecule has 2 saturated heterocycles. The number of aliphatic carboxylic acids is 1. The van der Waals surface area contributed by atoms with Gasteiger partial charge in [0.1, 0.15) is 10.1 Å². The number of sulfone groups is 1. The number of amides is 1. The highest BCUT2D eigenvalue weighted by atomic mass is 32.2. The first-order valence-electron chi connectivity index (χ1n) is 6.33. The van der Waals surface area contributed by atoms with Crippen LogP contribution in [0.4, 0.5) is 0 Å². The lowest BCUT2D eigenvalue weighted by molar-refractivity contribution is -0.157. The van der Waals surface area contributed by atoms with E-state index in [9.17, 15) is 27.9 Å². The first-order valence-corrected chi connectivity index (χ1v) is 7.88. The number of H-pyrrole nitrogens is 1. The SMILES string of the molecule is C[C@]1(/C=C\c2cc(=O)[nH]o2)[C@H](C(=O)O)N2C(=O)C[C@H]2S1(=O)=O. The minimum Gasteiger partial charge on any atom is -0.480 e. The molecule has 10 heteroatoms. The fraction of sp³-hybridized carbons (Fsp3) is 0.417. The lowest BCUT2D eigenvalue weighted by atomic mass is 9.96. The summed E-state index contributed by atoms with van der Waals surface area (Å²) in [5, 5.41) is 10.3. The zero-order valence-corrected chi connectivity index (χ0v) is 12.2. The van der Waals surface area contributed by atoms with Crippen LogP contribution in [-0.4, -0.2) is 51.6 Å². The van der Waals surface area contributed by atoms with Crippen LogP contribution in [0.25, 0.3) is 6.08 Å². The van der Waals surface area contributed by atoms with Crippen molar-refractivity contribution in [3.05, 3.63) is 28.3 Å². The summed E-state index contributed by atoms with van der Waals surface area (Å²) in [7, 11) is -3.91. The van der Waals surface area contributed by atoms with Crippen LogP contribution in [0.2, 0.25) is 0 Å². The summed E-state index contributed by atoms with van der Waals surface area (Å²) in [4.78, 5) is 34.9. The number of carboxylic acid groups (broad SMARTS) is 1. The predicted molar refractivity (Wildman–Crippen MR) is 72.4 cm³/mol. The molecule has 1 aromatic heterocycles. The Morgan fingerprint density at radius 1 is 1.55 bits per heavy atom. The Morgan fingerprint density at radius 2 is 2.23 bits per heavy atom. The second-order valence-electron chi connectivity index (χ2n) is 5.38. The molecule has 0 aliphatic carbocycles. The van der Waals surface area contributed by atoms with Crippen LogP contribution in [-0.2, 0) is 19.4 Å². The zero-order chi connectivity index (χ0) is 16.3. The maximum atomic E-state index is 12.6. The summed E-state index contributed by atoms with van der Waals surface area (Å²) in [6, 6.07) is -0.414. The topological polar surface area (TPSA) is 138 Å². The van der Waals surface area contributed by atoms with E-state index in [0.29, 0.717) is 0 Å². The number of aromatic amines is 1. The molecule has 2 aliphatic heterocycles. The molecular weight excluding hydrogens is 316 g/mol. The van der Waals surface area contributed by atoms with Crippen molar-refractivity contribution in [3.63, 3.8) is 0 Å². The molecule has 9 nitrogen and oxygen atoms in total. The van der Waals surface area contributed by atoms with Crippen molar-refractivity contribution in [3.8, 4) is 0 Å². The second-order valence-corrected chi connectivity index (χ2v) is 7.89. The largest absolute Gasteiger partial charge is 0.480 e. The van der Waals surface area contributed by atoms with E-state index in [-0.39, 0.29) is 12.2 Å². The third-order valence-corrected chi connectivity index (χ3v) is 6.79. The number of nitrogens with zero attached hydrogens (tertiary/aromatic N) is 1. The molecule has 0 aromatic carbocycles. The van der Waals surface area contributed by atoms with Gasteiger partial charge in [0.25, 0.3) is 5.56 Å². The van der Waals surface area contributed by atoms with Crippen molar-refractivity contribution < 1.29 is 27.6 Å². The smallest absolute Gasteiger partial charge is 0.328 e. The third kappa shape index (κ3) is 1.70. The molecule has 3 rings (SSSR count). The fourth-order valence-corrected chi connectivity index (χ4v) is 5.14. The summed E-state index contributed by atoms with van der Waals surface area (Å²) in [6.07, 6.45) is 2.15. The van der Waals surface area contributed by atoms with Crippen molar-refractivity contribution in [2.75, 3.05) is 0 Å². The summed E-state index contributed by atoms with van der Waals surface area (Å²) in [5.74, 6) is -1.85. The van der Waals surface area contributed by atoms with Crippen molar-refractivity contribution in [2.24, 2.45) is 0 Å². The van der Waals surface area contributed by atoms with E-state index in [4.69, 9.17) is 4.52 Å². The molecule has 3 atom stereocenters. The summed E-state index contributed by atoms with van der Waals surface area (Å²) >= 11 is 0. The maximum absolute atomic E-state index is 12.6. The quantitative estimate of drug-likeness (QED) is 0.691. The molecule has 2 N–H and O–H groups in total. The van der Waals surface area contributed by atoms with Crippen LogP contribution in [0.3, 0.4) is 0 Å². The lowest BCUT2D eigenvalue weighted by Gasteiger charge is -2.35. The Kier molecular flexibility index (Phi) is 2.86. The van der Waals surface area contributed by atoms with Gasteiger partial charge in [0.15, 0.2) is 21.6 Å². The first-order chi connectivity index (χ1) is 10.2. The molecule has 0 spiro atoms. The van der Waals surface area contributed by atoms with Gasteiger partial charge in [0, 0.05) is 0 Å². The summed E-state index contributed by atoms with van der Waals surface area (Å²) in [5.41, 5.74) is -0.507. The molecule has 118 valence electrons. The van der Waals surface area contributed by atoms with E-state index in [1.807, 2.05) is 5.16 Å². The molecule has 1 amide bonds. The Bertz CT molecular complexity index is 849. The van der Waals surface area contributed by atoms with Crippen molar-refractivity contribution in [1.82, 2.24) is 10.1 Å². The zero-order valence-electron chi connectivity index (χ0n) is 11.3. The molecule has 0 radical (unpaired) electrons. The highest BCUT2D eigenvalue weighted by Gasteiger charge is 2.69. The van der Waals surface area contributed by atoms with Gasteiger partial charge >= 0.3 is 5.97 Å². The van der Waals surface area contributed by atoms with Crippen molar-refractivity contribution >= 4 is 27.8 Å². The maximum Gasteiger partial charge on any atom is 0.328 e. The van der Waals surface area contributed by atoms with Gasteiger partial charge < -0.3 is 14.5 Å². The Balaban J connectivity index is 2.08. The van der Waals surface area contributed by atoms with Crippen LogP contribution < -0.4 is 5.56 Å². The molecule has 2 aliphatic rings. The number of carbonyl (C=O) groups excluding carboxylic acids is 1. The number of fused-ring (bicyclic) bond motifs is 1. The number of rotatable bonds is 3. The summed E-state index contributed by atoms with van der Waals surface area (Å²) in [6.45, 7) is 1.24. The van der Waals surface area contributed by atoms with E-state index >= 15 is 0 Å². The monoisotopic (exact) mass is 328 g/mol. The molecule has 0 saturated carbocycles. The molecular formula is C12H12N2O7S. The normalized spacial score (nSPS) is 33.0. The van der Waals surface area contributed by atoms with E-state index in [0.717, 1.165) is 17.0 Å². The highest BCUT2D eigenvalue weighted by Crippen LogP contribution is 2.46. The fourth-order valence-electron chi connectivity index (χ4n) is 2.87. The summed E-state index contributed by atoms with van der Waals surface area (Å²) < 4.78 is 28.1. The number of hydrogen-bond acceptors (Lipinski definition) is 6. The average Bonchev–Trinajstić information content (AvgIpc) is 2.88. The second kappa shape index (κ2) is 4.32. The van der Waals surface area contributed by atoms with Crippen LogP contribution in [0, 0.1) is 0 Å². The van der Waals surface area contributed by atoms with E-state index < -0.39 is 43.4 Å². The van der Waals surface area contributed by atoms with Gasteiger partial charge in [-0.3, -0.25) is 9.59 Å². The first kappa shape index (κ1) is 14.6. The van der Waals surface area contributed by atoms with Crippen LogP contribution in [0.1, 0.15) is 19.1 Å². The molecule has 3 heterocycles. The van der Waals surface area contributed by atoms with Crippen LogP contribution in [0.15, 0.2) is 21.5 Å². The van der Waals surface area contributed by atoms with Crippen molar-refractivity contribution in [1.29, 1.82) is 0 Å².